The molecule has 0 bridgehead atoms. The zero-order valence-corrected chi connectivity index (χ0v) is 11.1. The minimum Gasteiger partial charge on any atom is -0.282 e. The molecule has 0 saturated heterocycles. The van der Waals surface area contributed by atoms with E-state index in [1.165, 1.54) is 0 Å². The maximum atomic E-state index is 6.17. The highest BCUT2D eigenvalue weighted by Gasteiger charge is 2.10. The van der Waals surface area contributed by atoms with Crippen molar-refractivity contribution in [3.63, 3.8) is 0 Å². The van der Waals surface area contributed by atoms with Gasteiger partial charge in [-0.3, -0.25) is 15.2 Å². The van der Waals surface area contributed by atoms with E-state index in [0.717, 1.165) is 22.2 Å². The molecule has 0 amide bonds. The van der Waals surface area contributed by atoms with Gasteiger partial charge in [0.2, 0.25) is 4.77 Å². The molecule has 0 aliphatic heterocycles. The number of benzene rings is 1. The molecule has 0 fully saturated rings. The number of hydrogen-bond acceptors (Lipinski definition) is 3. The number of aryl methyl sites for hydroxylation is 1. The Hall–Kier alpha value is -1.72. The summed E-state index contributed by atoms with van der Waals surface area (Å²) >= 11 is 11.1. The normalized spacial score (nSPS) is 11.0. The first-order chi connectivity index (χ1) is 8.65. The van der Waals surface area contributed by atoms with Crippen LogP contribution in [0.2, 0.25) is 5.02 Å². The van der Waals surface area contributed by atoms with Crippen molar-refractivity contribution in [1.82, 2.24) is 20.2 Å². The Labute approximate surface area is 113 Å². The minimum absolute atomic E-state index is 0.426. The van der Waals surface area contributed by atoms with Gasteiger partial charge in [0.1, 0.15) is 0 Å². The Morgan fingerprint density at radius 2 is 2.06 bits per heavy atom. The molecule has 0 spiro atoms. The lowest BCUT2D eigenvalue weighted by Gasteiger charge is -2.06. The zero-order chi connectivity index (χ0) is 12.7. The molecule has 6 heteroatoms. The van der Waals surface area contributed by atoms with E-state index >= 15 is 0 Å². The van der Waals surface area contributed by atoms with Crippen LogP contribution >= 0.6 is 23.8 Å². The highest BCUT2D eigenvalue weighted by molar-refractivity contribution is 7.71. The smallest absolute Gasteiger partial charge is 0.213 e. The van der Waals surface area contributed by atoms with Gasteiger partial charge in [0.15, 0.2) is 5.82 Å². The quantitative estimate of drug-likeness (QED) is 0.667. The molecule has 3 aromatic rings. The predicted octanol–water partition coefficient (Wildman–Crippen LogP) is 3.64. The Bertz CT molecular complexity index is 790. The second-order valence-corrected chi connectivity index (χ2v) is 4.76. The average Bonchev–Trinajstić information content (AvgIpc) is 2.76. The average molecular weight is 277 g/mol. The third-order valence-electron chi connectivity index (χ3n) is 2.67. The van der Waals surface area contributed by atoms with E-state index in [1.807, 2.05) is 31.2 Å². The molecule has 1 aromatic carbocycles. The van der Waals surface area contributed by atoms with Crippen molar-refractivity contribution in [3.05, 3.63) is 39.8 Å². The van der Waals surface area contributed by atoms with Crippen LogP contribution in [-0.2, 0) is 0 Å². The van der Waals surface area contributed by atoms with Crippen LogP contribution in [0.3, 0.4) is 0 Å². The number of aromatic amines is 2. The highest BCUT2D eigenvalue weighted by atomic mass is 35.5. The summed E-state index contributed by atoms with van der Waals surface area (Å²) in [5.41, 5.74) is 2.59. The Morgan fingerprint density at radius 1 is 1.22 bits per heavy atom. The summed E-state index contributed by atoms with van der Waals surface area (Å²) in [6.45, 7) is 1.92. The summed E-state index contributed by atoms with van der Waals surface area (Å²) in [5, 5.41) is 7.32. The molecule has 18 heavy (non-hydrogen) atoms. The van der Waals surface area contributed by atoms with Crippen molar-refractivity contribution >= 4 is 34.7 Å². The monoisotopic (exact) mass is 276 g/mol. The van der Waals surface area contributed by atoms with E-state index in [1.54, 1.807) is 0 Å². The first-order valence-electron chi connectivity index (χ1n) is 5.36. The zero-order valence-electron chi connectivity index (χ0n) is 9.49. The molecule has 2 N–H and O–H groups in total. The maximum Gasteiger partial charge on any atom is 0.213 e. The van der Waals surface area contributed by atoms with E-state index in [-0.39, 0.29) is 0 Å². The number of aromatic nitrogens is 4. The van der Waals surface area contributed by atoms with Crippen molar-refractivity contribution in [2.24, 2.45) is 0 Å². The number of rotatable bonds is 1. The van der Waals surface area contributed by atoms with E-state index in [2.05, 4.69) is 20.2 Å². The molecular formula is C12H9ClN4S. The number of para-hydroxylation sites is 1. The molecule has 4 nitrogen and oxygen atoms in total. The molecule has 2 heterocycles. The van der Waals surface area contributed by atoms with Crippen molar-refractivity contribution < 1.29 is 0 Å². The second kappa shape index (κ2) is 4.19. The van der Waals surface area contributed by atoms with Crippen LogP contribution in [0.5, 0.6) is 0 Å². The van der Waals surface area contributed by atoms with Gasteiger partial charge in [-0.1, -0.05) is 23.7 Å². The summed E-state index contributed by atoms with van der Waals surface area (Å²) in [7, 11) is 0. The molecular weight excluding hydrogens is 268 g/mol. The number of nitrogens with zero attached hydrogens (tertiary/aromatic N) is 2. The van der Waals surface area contributed by atoms with Gasteiger partial charge in [-0.05, 0) is 31.3 Å². The lowest BCUT2D eigenvalue weighted by atomic mass is 10.1. The van der Waals surface area contributed by atoms with E-state index in [9.17, 15) is 0 Å². The van der Waals surface area contributed by atoms with E-state index in [0.29, 0.717) is 15.6 Å². The molecule has 3 rings (SSSR count). The van der Waals surface area contributed by atoms with Gasteiger partial charge in [0, 0.05) is 16.6 Å². The van der Waals surface area contributed by atoms with Crippen LogP contribution in [0.25, 0.3) is 22.3 Å². The van der Waals surface area contributed by atoms with Crippen molar-refractivity contribution in [1.29, 1.82) is 0 Å². The van der Waals surface area contributed by atoms with Gasteiger partial charge in [-0.25, -0.2) is 0 Å². The van der Waals surface area contributed by atoms with Crippen molar-refractivity contribution in [2.45, 2.75) is 6.92 Å². The minimum atomic E-state index is 0.426. The third-order valence-corrected chi connectivity index (χ3v) is 3.17. The largest absolute Gasteiger partial charge is 0.282 e. The predicted molar refractivity (Wildman–Crippen MR) is 74.3 cm³/mol. The Balaban J connectivity index is 2.42. The molecule has 0 aliphatic carbocycles. The highest BCUT2D eigenvalue weighted by Crippen LogP contribution is 2.29. The van der Waals surface area contributed by atoms with Gasteiger partial charge in [0.05, 0.1) is 10.5 Å². The topological polar surface area (TPSA) is 57.4 Å². The summed E-state index contributed by atoms with van der Waals surface area (Å²) < 4.78 is 0.426. The molecule has 0 saturated carbocycles. The van der Waals surface area contributed by atoms with Crippen molar-refractivity contribution in [3.8, 4) is 11.4 Å². The number of fused-ring (bicyclic) bond motifs is 1. The fourth-order valence-electron chi connectivity index (χ4n) is 1.94. The summed E-state index contributed by atoms with van der Waals surface area (Å²) in [6, 6.07) is 7.65. The van der Waals surface area contributed by atoms with E-state index in [4.69, 9.17) is 23.8 Å². The van der Waals surface area contributed by atoms with Gasteiger partial charge in [-0.15, -0.1) is 0 Å². The SMILES string of the molecule is Cc1cc(-c2nc(=S)[nH][nH]2)c2cccc(Cl)c2n1. The van der Waals surface area contributed by atoms with Gasteiger partial charge >= 0.3 is 0 Å². The van der Waals surface area contributed by atoms with Crippen LogP contribution in [0.1, 0.15) is 5.69 Å². The molecule has 2 aromatic heterocycles. The fourth-order valence-corrected chi connectivity index (χ4v) is 2.29. The molecule has 0 atom stereocenters. The van der Waals surface area contributed by atoms with Gasteiger partial charge in [-0.2, -0.15) is 4.98 Å². The molecule has 0 unspecified atom stereocenters. The van der Waals surface area contributed by atoms with Crippen LogP contribution in [0, 0.1) is 11.7 Å². The summed E-state index contributed by atoms with van der Waals surface area (Å²) in [4.78, 5) is 8.69. The molecule has 0 radical (unpaired) electrons. The first kappa shape index (κ1) is 11.4. The van der Waals surface area contributed by atoms with Crippen LogP contribution in [0.15, 0.2) is 24.3 Å². The van der Waals surface area contributed by atoms with E-state index < -0.39 is 0 Å². The van der Waals surface area contributed by atoms with Crippen molar-refractivity contribution in [2.75, 3.05) is 0 Å². The van der Waals surface area contributed by atoms with Crippen LogP contribution < -0.4 is 0 Å². The number of H-pyrrole nitrogens is 2. The van der Waals surface area contributed by atoms with Gasteiger partial charge < -0.3 is 0 Å². The Morgan fingerprint density at radius 3 is 2.78 bits per heavy atom. The summed E-state index contributed by atoms with van der Waals surface area (Å²) in [5.74, 6) is 0.692. The maximum absolute atomic E-state index is 6.17. The Kier molecular flexibility index (Phi) is 2.65. The first-order valence-corrected chi connectivity index (χ1v) is 6.15. The van der Waals surface area contributed by atoms with Crippen LogP contribution in [-0.4, -0.2) is 20.2 Å². The number of nitrogens with one attached hydrogen (secondary N) is 2. The standard InChI is InChI=1S/C12H9ClN4S/c1-6-5-8(11-15-12(18)17-16-11)7-3-2-4-9(13)10(7)14-6/h2-5H,1H3,(H2,15,16,17,18). The fraction of sp³-hybridized carbons (Fsp3) is 0.0833. The number of pyridine rings is 1. The lowest BCUT2D eigenvalue weighted by Crippen LogP contribution is -1.90. The van der Waals surface area contributed by atoms with Gasteiger partial charge in [0.25, 0.3) is 0 Å². The lowest BCUT2D eigenvalue weighted by molar-refractivity contribution is 1.08. The third kappa shape index (κ3) is 1.81. The number of halogens is 1. The molecule has 90 valence electrons. The number of hydrogen-bond donors (Lipinski definition) is 2. The summed E-state index contributed by atoms with van der Waals surface area (Å²) in [6.07, 6.45) is 0. The van der Waals surface area contributed by atoms with Crippen LogP contribution in [0.4, 0.5) is 0 Å². The second-order valence-electron chi connectivity index (χ2n) is 3.96. The molecule has 0 aliphatic rings.